The van der Waals surface area contributed by atoms with Crippen LogP contribution in [0.15, 0.2) is 30.3 Å². The Kier molecular flexibility index (Phi) is 9.95. The van der Waals surface area contributed by atoms with Crippen molar-refractivity contribution >= 4 is 46.6 Å². The second-order valence-electron chi connectivity index (χ2n) is 10.1. The van der Waals surface area contributed by atoms with Gasteiger partial charge in [-0.3, -0.25) is 29.4 Å². The quantitative estimate of drug-likeness (QED) is 0.348. The number of piperazine rings is 1. The first-order valence-electron chi connectivity index (χ1n) is 13.9. The molecule has 2 fully saturated rings. The van der Waals surface area contributed by atoms with Gasteiger partial charge < -0.3 is 29.7 Å². The summed E-state index contributed by atoms with van der Waals surface area (Å²) in [4.78, 5) is 81.7. The lowest BCUT2D eigenvalue weighted by molar-refractivity contribution is -0.139. The van der Waals surface area contributed by atoms with Gasteiger partial charge in [-0.2, -0.15) is 0 Å². The number of nitrogens with zero attached hydrogens (tertiary/aromatic N) is 4. The van der Waals surface area contributed by atoms with Crippen LogP contribution in [0.25, 0.3) is 10.9 Å². The van der Waals surface area contributed by atoms with Gasteiger partial charge in [0.1, 0.15) is 17.5 Å². The van der Waals surface area contributed by atoms with Gasteiger partial charge in [-0.15, -0.1) is 0 Å². The fourth-order valence-corrected chi connectivity index (χ4v) is 4.85. The van der Waals surface area contributed by atoms with Gasteiger partial charge in [-0.05, 0) is 32.4 Å². The number of aliphatic carboxylic acids is 1. The van der Waals surface area contributed by atoms with E-state index in [1.165, 1.54) is 20.9 Å². The number of carboxylic acid groups (broad SMARTS) is 1. The number of hydrogen-bond acceptors (Lipinski definition) is 9. The molecule has 5 amide bonds. The Balaban J connectivity index is 1.49. The Bertz CT molecular complexity index is 1410. The molecule has 15 nitrogen and oxygen atoms in total. The molecule has 1 aromatic carbocycles. The van der Waals surface area contributed by atoms with Gasteiger partial charge in [0.15, 0.2) is 6.61 Å². The Morgan fingerprint density at radius 2 is 1.81 bits per heavy atom. The molecule has 0 spiro atoms. The van der Waals surface area contributed by atoms with Crippen LogP contribution in [-0.2, 0) is 23.9 Å². The molecule has 2 aliphatic rings. The van der Waals surface area contributed by atoms with Gasteiger partial charge in [0, 0.05) is 44.1 Å². The second kappa shape index (κ2) is 13.8. The monoisotopic (exact) mass is 598 g/mol. The van der Waals surface area contributed by atoms with E-state index in [1.807, 2.05) is 0 Å². The zero-order chi connectivity index (χ0) is 31.1. The van der Waals surface area contributed by atoms with Gasteiger partial charge >= 0.3 is 12.1 Å². The first-order chi connectivity index (χ1) is 20.6. The van der Waals surface area contributed by atoms with Crippen LogP contribution in [0, 0.1) is 0 Å². The Labute approximate surface area is 247 Å². The summed E-state index contributed by atoms with van der Waals surface area (Å²) in [5, 5.41) is 13.6. The van der Waals surface area contributed by atoms with Crippen molar-refractivity contribution in [3.8, 4) is 5.75 Å². The standard InChI is InChI=1S/C28H34N6O9/c1-3-42-28(41)33-12-10-32(11-13-33)27(40)20(8-9-25(37)38)30-26(39)21-15-22(18-6-4-5-7-19(18)29-21)43-16-24(36)34-17(2)14-23(35)31-34/h4-7,15,17,20H,3,8-14,16H2,1-2H3,(H,30,39)(H,31,35)(H,37,38)/t17?,20-/m0/s1. The largest absolute Gasteiger partial charge is 0.483 e. The third-order valence-electron chi connectivity index (χ3n) is 7.07. The molecule has 230 valence electrons. The molecule has 2 aliphatic heterocycles. The maximum atomic E-state index is 13.4. The molecule has 0 bridgehead atoms. The fraction of sp³-hybridized carbons (Fsp3) is 0.464. The van der Waals surface area contributed by atoms with E-state index in [1.54, 1.807) is 38.1 Å². The molecule has 2 aromatic rings. The number of rotatable bonds is 10. The maximum absolute atomic E-state index is 13.4. The van der Waals surface area contributed by atoms with Crippen LogP contribution in [0.5, 0.6) is 5.75 Å². The van der Waals surface area contributed by atoms with Crippen molar-refractivity contribution in [3.63, 3.8) is 0 Å². The highest BCUT2D eigenvalue weighted by Crippen LogP contribution is 2.26. The SMILES string of the molecule is CCOC(=O)N1CCN(C(=O)[C@H](CCC(=O)O)NC(=O)c2cc(OCC(=O)N3NC(=O)CC3C)c3ccccc3n2)CC1. The number of benzene rings is 1. The maximum Gasteiger partial charge on any atom is 0.409 e. The number of hydrogen-bond donors (Lipinski definition) is 3. The summed E-state index contributed by atoms with van der Waals surface area (Å²) >= 11 is 0. The topological polar surface area (TPSA) is 188 Å². The Morgan fingerprint density at radius 1 is 1.12 bits per heavy atom. The summed E-state index contributed by atoms with van der Waals surface area (Å²) in [5.41, 5.74) is 2.77. The Morgan fingerprint density at radius 3 is 2.47 bits per heavy atom. The van der Waals surface area contributed by atoms with E-state index in [-0.39, 0.29) is 75.4 Å². The van der Waals surface area contributed by atoms with Crippen LogP contribution in [0.2, 0.25) is 0 Å². The number of amides is 5. The smallest absolute Gasteiger partial charge is 0.409 e. The van der Waals surface area contributed by atoms with Crippen molar-refractivity contribution in [1.29, 1.82) is 0 Å². The molecule has 2 saturated heterocycles. The summed E-state index contributed by atoms with van der Waals surface area (Å²) < 4.78 is 10.8. The average Bonchev–Trinajstić information content (AvgIpc) is 3.34. The zero-order valence-electron chi connectivity index (χ0n) is 23.9. The van der Waals surface area contributed by atoms with Crippen LogP contribution in [-0.4, -0.2) is 112 Å². The molecule has 4 rings (SSSR count). The van der Waals surface area contributed by atoms with Gasteiger partial charge in [0.2, 0.25) is 11.8 Å². The van der Waals surface area contributed by atoms with E-state index in [0.29, 0.717) is 10.9 Å². The minimum Gasteiger partial charge on any atom is -0.483 e. The van der Waals surface area contributed by atoms with Crippen molar-refractivity contribution in [2.24, 2.45) is 0 Å². The minimum atomic E-state index is -1.17. The highest BCUT2D eigenvalue weighted by atomic mass is 16.6. The summed E-state index contributed by atoms with van der Waals surface area (Å²) in [5.74, 6) is -2.92. The molecule has 0 aliphatic carbocycles. The minimum absolute atomic E-state index is 0.107. The normalized spacial score (nSPS) is 17.3. The predicted molar refractivity (Wildman–Crippen MR) is 150 cm³/mol. The van der Waals surface area contributed by atoms with E-state index in [0.717, 1.165) is 0 Å². The molecule has 0 radical (unpaired) electrons. The van der Waals surface area contributed by atoms with Crippen LogP contribution in [0.4, 0.5) is 4.79 Å². The lowest BCUT2D eigenvalue weighted by Gasteiger charge is -2.35. The molecule has 1 aromatic heterocycles. The molecule has 3 N–H and O–H groups in total. The number of para-hydroxylation sites is 1. The number of carbonyl (C=O) groups excluding carboxylic acids is 5. The van der Waals surface area contributed by atoms with E-state index in [4.69, 9.17) is 9.47 Å². The third kappa shape index (κ3) is 7.67. The van der Waals surface area contributed by atoms with E-state index in [2.05, 4.69) is 15.7 Å². The number of nitrogens with one attached hydrogen (secondary N) is 2. The molecule has 0 saturated carbocycles. The number of carboxylic acids is 1. The van der Waals surface area contributed by atoms with E-state index >= 15 is 0 Å². The molecule has 2 atom stereocenters. The summed E-state index contributed by atoms with van der Waals surface area (Å²) in [6.07, 6.45) is -0.834. The molecule has 43 heavy (non-hydrogen) atoms. The zero-order valence-corrected chi connectivity index (χ0v) is 23.9. The van der Waals surface area contributed by atoms with Crippen molar-refractivity contribution < 1.29 is 43.3 Å². The summed E-state index contributed by atoms with van der Waals surface area (Å²) in [6.45, 7) is 4.07. The van der Waals surface area contributed by atoms with Crippen molar-refractivity contribution in [3.05, 3.63) is 36.0 Å². The highest BCUT2D eigenvalue weighted by molar-refractivity contribution is 5.99. The van der Waals surface area contributed by atoms with Gasteiger partial charge in [-0.1, -0.05) is 12.1 Å². The first kappa shape index (κ1) is 31.0. The first-order valence-corrected chi connectivity index (χ1v) is 13.9. The third-order valence-corrected chi connectivity index (χ3v) is 7.07. The number of carbonyl (C=O) groups is 6. The van der Waals surface area contributed by atoms with Crippen molar-refractivity contribution in [1.82, 2.24) is 30.5 Å². The summed E-state index contributed by atoms with van der Waals surface area (Å²) in [7, 11) is 0. The Hall–Kier alpha value is -4.95. The number of ether oxygens (including phenoxy) is 2. The van der Waals surface area contributed by atoms with Gasteiger partial charge in [0.25, 0.3) is 11.8 Å². The van der Waals surface area contributed by atoms with Crippen LogP contribution >= 0.6 is 0 Å². The second-order valence-corrected chi connectivity index (χ2v) is 10.1. The van der Waals surface area contributed by atoms with Crippen molar-refractivity contribution in [2.45, 2.75) is 45.2 Å². The number of aromatic nitrogens is 1. The number of fused-ring (bicyclic) bond motifs is 1. The number of pyridine rings is 1. The molecular formula is C28H34N6O9. The number of hydrazine groups is 1. The van der Waals surface area contributed by atoms with Gasteiger partial charge in [0.05, 0.1) is 24.6 Å². The lowest BCUT2D eigenvalue weighted by atomic mass is 10.1. The van der Waals surface area contributed by atoms with Crippen LogP contribution < -0.4 is 15.5 Å². The molecule has 3 heterocycles. The predicted octanol–water partition coefficient (Wildman–Crippen LogP) is 0.530. The fourth-order valence-electron chi connectivity index (χ4n) is 4.85. The average molecular weight is 599 g/mol. The van der Waals surface area contributed by atoms with Crippen LogP contribution in [0.3, 0.4) is 0 Å². The molecular weight excluding hydrogens is 564 g/mol. The van der Waals surface area contributed by atoms with Crippen molar-refractivity contribution in [2.75, 3.05) is 39.4 Å². The van der Waals surface area contributed by atoms with Crippen LogP contribution in [0.1, 0.15) is 43.6 Å². The van der Waals surface area contributed by atoms with E-state index in [9.17, 15) is 33.9 Å². The van der Waals surface area contributed by atoms with E-state index < -0.39 is 42.4 Å². The molecule has 1 unspecified atom stereocenters. The van der Waals surface area contributed by atoms with Gasteiger partial charge in [-0.25, -0.2) is 14.8 Å². The summed E-state index contributed by atoms with van der Waals surface area (Å²) in [6, 6.07) is 6.64. The molecule has 15 heteroatoms. The lowest BCUT2D eigenvalue weighted by Crippen LogP contribution is -2.56. The highest BCUT2D eigenvalue weighted by Gasteiger charge is 2.32.